The fourth-order valence-corrected chi connectivity index (χ4v) is 3.62. The van der Waals surface area contributed by atoms with Gasteiger partial charge in [-0.25, -0.2) is 0 Å². The lowest BCUT2D eigenvalue weighted by Crippen LogP contribution is -2.39. The molecule has 17 heavy (non-hydrogen) atoms. The summed E-state index contributed by atoms with van der Waals surface area (Å²) in [6.45, 7) is 1.30. The Bertz CT molecular complexity index is 440. The van der Waals surface area contributed by atoms with Crippen molar-refractivity contribution in [3.05, 3.63) is 11.3 Å². The molecule has 92 valence electrons. The molecule has 1 unspecified atom stereocenters. The first kappa shape index (κ1) is 11.0. The molecule has 0 bridgehead atoms. The molecule has 1 atom stereocenters. The molecule has 1 saturated heterocycles. The number of amides is 1. The van der Waals surface area contributed by atoms with E-state index in [-0.39, 0.29) is 11.8 Å². The Kier molecular flexibility index (Phi) is 2.74. The molecular formula is C11H15N3O2S. The molecule has 6 heteroatoms. The van der Waals surface area contributed by atoms with Gasteiger partial charge in [-0.15, -0.1) is 0 Å². The summed E-state index contributed by atoms with van der Waals surface area (Å²) < 4.78 is 4.96. The van der Waals surface area contributed by atoms with E-state index in [0.717, 1.165) is 42.1 Å². The molecule has 1 aromatic heterocycles. The standard InChI is InChI=1S/C11H15N3O2S/c12-10-8-5-14(3-1-9(8)13-16-10)11(15)7-2-4-17-6-7/h7H,1-6,12H2. The van der Waals surface area contributed by atoms with E-state index < -0.39 is 0 Å². The smallest absolute Gasteiger partial charge is 0.227 e. The van der Waals surface area contributed by atoms with Gasteiger partial charge in [-0.2, -0.15) is 11.8 Å². The summed E-state index contributed by atoms with van der Waals surface area (Å²) >= 11 is 1.86. The van der Waals surface area contributed by atoms with Crippen LogP contribution in [-0.4, -0.2) is 34.0 Å². The van der Waals surface area contributed by atoms with Crippen molar-refractivity contribution in [2.75, 3.05) is 23.8 Å². The molecule has 1 aromatic rings. The van der Waals surface area contributed by atoms with Gasteiger partial charge < -0.3 is 15.2 Å². The number of rotatable bonds is 1. The molecule has 2 N–H and O–H groups in total. The summed E-state index contributed by atoms with van der Waals surface area (Å²) in [4.78, 5) is 14.2. The number of nitrogen functional groups attached to an aromatic ring is 1. The van der Waals surface area contributed by atoms with Gasteiger partial charge in [-0.05, 0) is 12.2 Å². The Balaban J connectivity index is 1.74. The maximum absolute atomic E-state index is 12.3. The number of nitrogens with two attached hydrogens (primary N) is 1. The summed E-state index contributed by atoms with van der Waals surface area (Å²) in [7, 11) is 0. The van der Waals surface area contributed by atoms with E-state index in [2.05, 4.69) is 5.16 Å². The zero-order valence-electron chi connectivity index (χ0n) is 9.52. The van der Waals surface area contributed by atoms with Gasteiger partial charge in [0, 0.05) is 24.6 Å². The van der Waals surface area contributed by atoms with Crippen molar-refractivity contribution in [2.24, 2.45) is 5.92 Å². The molecule has 0 saturated carbocycles. The second-order valence-electron chi connectivity index (χ2n) is 4.54. The molecule has 3 rings (SSSR count). The van der Waals surface area contributed by atoms with Crippen molar-refractivity contribution in [3.8, 4) is 0 Å². The number of hydrogen-bond donors (Lipinski definition) is 1. The van der Waals surface area contributed by atoms with Crippen LogP contribution in [0.2, 0.25) is 0 Å². The molecule has 0 aliphatic carbocycles. The average Bonchev–Trinajstić information content (AvgIpc) is 2.98. The van der Waals surface area contributed by atoms with Crippen LogP contribution in [0, 0.1) is 5.92 Å². The minimum atomic E-state index is 0.197. The first-order valence-corrected chi connectivity index (χ1v) is 7.00. The lowest BCUT2D eigenvalue weighted by Gasteiger charge is -2.28. The van der Waals surface area contributed by atoms with Gasteiger partial charge >= 0.3 is 0 Å². The number of carbonyl (C=O) groups excluding carboxylic acids is 1. The fraction of sp³-hybridized carbons (Fsp3) is 0.636. The largest absolute Gasteiger partial charge is 0.367 e. The van der Waals surface area contributed by atoms with Crippen LogP contribution in [0.3, 0.4) is 0 Å². The molecule has 2 aliphatic heterocycles. The van der Waals surface area contributed by atoms with E-state index in [1.807, 2.05) is 16.7 Å². The molecule has 3 heterocycles. The molecule has 1 amide bonds. The van der Waals surface area contributed by atoms with Crippen LogP contribution in [0.4, 0.5) is 5.88 Å². The topological polar surface area (TPSA) is 72.4 Å². The molecule has 1 fully saturated rings. The van der Waals surface area contributed by atoms with Gasteiger partial charge in [0.1, 0.15) is 0 Å². The summed E-state index contributed by atoms with van der Waals surface area (Å²) in [6, 6.07) is 0. The number of thioether (sulfide) groups is 1. The van der Waals surface area contributed by atoms with Crippen molar-refractivity contribution < 1.29 is 9.32 Å². The van der Waals surface area contributed by atoms with Crippen LogP contribution in [0.5, 0.6) is 0 Å². The number of fused-ring (bicyclic) bond motifs is 1. The van der Waals surface area contributed by atoms with Crippen LogP contribution >= 0.6 is 11.8 Å². The SMILES string of the molecule is Nc1onc2c1CN(C(=O)C1CCSC1)CC2. The third-order valence-electron chi connectivity index (χ3n) is 3.46. The van der Waals surface area contributed by atoms with Crippen LogP contribution in [0.25, 0.3) is 0 Å². The number of anilines is 1. The predicted octanol–water partition coefficient (Wildman–Crippen LogP) is 0.895. The predicted molar refractivity (Wildman–Crippen MR) is 65.5 cm³/mol. The third-order valence-corrected chi connectivity index (χ3v) is 4.62. The Hall–Kier alpha value is -1.17. The van der Waals surface area contributed by atoms with E-state index in [4.69, 9.17) is 10.3 Å². The second kappa shape index (κ2) is 4.25. The van der Waals surface area contributed by atoms with Crippen LogP contribution in [-0.2, 0) is 17.8 Å². The lowest BCUT2D eigenvalue weighted by molar-refractivity contribution is -0.135. The zero-order valence-corrected chi connectivity index (χ0v) is 10.3. The fourth-order valence-electron chi connectivity index (χ4n) is 2.41. The lowest BCUT2D eigenvalue weighted by atomic mass is 10.0. The van der Waals surface area contributed by atoms with Gasteiger partial charge in [0.2, 0.25) is 11.8 Å². The van der Waals surface area contributed by atoms with E-state index in [1.54, 1.807) is 0 Å². The number of hydrogen-bond acceptors (Lipinski definition) is 5. The average molecular weight is 253 g/mol. The van der Waals surface area contributed by atoms with Crippen molar-refractivity contribution in [2.45, 2.75) is 19.4 Å². The third kappa shape index (κ3) is 1.90. The Morgan fingerprint density at radius 2 is 2.47 bits per heavy atom. The number of carbonyl (C=O) groups is 1. The van der Waals surface area contributed by atoms with Crippen LogP contribution in [0.1, 0.15) is 17.7 Å². The Labute approximate surface area is 104 Å². The monoisotopic (exact) mass is 253 g/mol. The van der Waals surface area contributed by atoms with Crippen molar-refractivity contribution in [1.29, 1.82) is 0 Å². The molecule has 0 spiro atoms. The molecule has 2 aliphatic rings. The minimum absolute atomic E-state index is 0.197. The first-order valence-electron chi connectivity index (χ1n) is 5.85. The van der Waals surface area contributed by atoms with Gasteiger partial charge in [0.25, 0.3) is 0 Å². The van der Waals surface area contributed by atoms with Crippen molar-refractivity contribution in [3.63, 3.8) is 0 Å². The molecular weight excluding hydrogens is 238 g/mol. The van der Waals surface area contributed by atoms with E-state index in [0.29, 0.717) is 12.4 Å². The molecule has 0 aromatic carbocycles. The number of aromatic nitrogens is 1. The summed E-state index contributed by atoms with van der Waals surface area (Å²) in [5.41, 5.74) is 7.51. The number of nitrogens with zero attached hydrogens (tertiary/aromatic N) is 2. The minimum Gasteiger partial charge on any atom is -0.367 e. The first-order chi connectivity index (χ1) is 8.25. The van der Waals surface area contributed by atoms with E-state index >= 15 is 0 Å². The molecule has 5 nitrogen and oxygen atoms in total. The van der Waals surface area contributed by atoms with Crippen molar-refractivity contribution in [1.82, 2.24) is 10.1 Å². The summed E-state index contributed by atoms with van der Waals surface area (Å²) in [5, 5.41) is 3.91. The highest BCUT2D eigenvalue weighted by Gasteiger charge is 2.31. The Morgan fingerprint density at radius 1 is 1.59 bits per heavy atom. The highest BCUT2D eigenvalue weighted by atomic mass is 32.2. The highest BCUT2D eigenvalue weighted by molar-refractivity contribution is 7.99. The quantitative estimate of drug-likeness (QED) is 0.805. The maximum atomic E-state index is 12.3. The zero-order chi connectivity index (χ0) is 11.8. The van der Waals surface area contributed by atoms with E-state index in [1.165, 1.54) is 0 Å². The normalized spacial score (nSPS) is 23.8. The van der Waals surface area contributed by atoms with Crippen LogP contribution < -0.4 is 5.73 Å². The maximum Gasteiger partial charge on any atom is 0.227 e. The van der Waals surface area contributed by atoms with Crippen LogP contribution in [0.15, 0.2) is 4.52 Å². The Morgan fingerprint density at radius 3 is 3.24 bits per heavy atom. The van der Waals surface area contributed by atoms with Crippen molar-refractivity contribution >= 4 is 23.6 Å². The van der Waals surface area contributed by atoms with Gasteiger partial charge in [-0.1, -0.05) is 5.16 Å². The molecule has 0 radical (unpaired) electrons. The van der Waals surface area contributed by atoms with E-state index in [9.17, 15) is 4.79 Å². The summed E-state index contributed by atoms with van der Waals surface area (Å²) in [5.74, 6) is 2.88. The van der Waals surface area contributed by atoms with Gasteiger partial charge in [-0.3, -0.25) is 4.79 Å². The van der Waals surface area contributed by atoms with Gasteiger partial charge in [0.05, 0.1) is 17.8 Å². The highest BCUT2D eigenvalue weighted by Crippen LogP contribution is 2.29. The second-order valence-corrected chi connectivity index (χ2v) is 5.69. The summed E-state index contributed by atoms with van der Waals surface area (Å²) in [6.07, 6.45) is 1.76. The van der Waals surface area contributed by atoms with Gasteiger partial charge in [0.15, 0.2) is 0 Å².